The summed E-state index contributed by atoms with van der Waals surface area (Å²) in [5, 5.41) is 9.76. The van der Waals surface area contributed by atoms with E-state index in [2.05, 4.69) is 20.5 Å². The lowest BCUT2D eigenvalue weighted by molar-refractivity contribution is -0.138. The minimum absolute atomic E-state index is 0.0981. The Hall–Kier alpha value is -2.15. The summed E-state index contributed by atoms with van der Waals surface area (Å²) in [6, 6.07) is 3.57. The predicted octanol–water partition coefficient (Wildman–Crippen LogP) is 2.81. The minimum Gasteiger partial charge on any atom is -0.461 e. The molecule has 1 amide bonds. The SMILES string of the molecule is CCC(OC1CCCCC1)C(=O)NCc1nc(-c2ccco2)n[nH]1. The number of amides is 1. The molecule has 3 rings (SSSR count). The summed E-state index contributed by atoms with van der Waals surface area (Å²) in [5.41, 5.74) is 0. The maximum Gasteiger partial charge on any atom is 0.249 e. The monoisotopic (exact) mass is 332 g/mol. The lowest BCUT2D eigenvalue weighted by Gasteiger charge is -2.26. The summed E-state index contributed by atoms with van der Waals surface area (Å²) in [6.07, 6.45) is 7.80. The molecule has 2 heterocycles. The smallest absolute Gasteiger partial charge is 0.249 e. The Bertz CT molecular complexity index is 632. The highest BCUT2D eigenvalue weighted by Gasteiger charge is 2.23. The van der Waals surface area contributed by atoms with Crippen LogP contribution in [-0.2, 0) is 16.1 Å². The van der Waals surface area contributed by atoms with Gasteiger partial charge < -0.3 is 14.5 Å². The Morgan fingerprint density at radius 2 is 2.29 bits per heavy atom. The highest BCUT2D eigenvalue weighted by Crippen LogP contribution is 2.22. The minimum atomic E-state index is -0.402. The molecular formula is C17H24N4O3. The number of H-pyrrole nitrogens is 1. The molecule has 1 aliphatic carbocycles. The molecule has 0 radical (unpaired) electrons. The number of carbonyl (C=O) groups excluding carboxylic acids is 1. The molecule has 0 bridgehead atoms. The largest absolute Gasteiger partial charge is 0.461 e. The van der Waals surface area contributed by atoms with Gasteiger partial charge in [-0.3, -0.25) is 9.89 Å². The Morgan fingerprint density at radius 1 is 1.46 bits per heavy atom. The first-order valence-corrected chi connectivity index (χ1v) is 8.64. The number of carbonyl (C=O) groups is 1. The molecule has 1 saturated carbocycles. The molecule has 24 heavy (non-hydrogen) atoms. The molecule has 130 valence electrons. The predicted molar refractivity (Wildman–Crippen MR) is 88.0 cm³/mol. The van der Waals surface area contributed by atoms with Crippen LogP contribution < -0.4 is 5.32 Å². The molecule has 1 fully saturated rings. The zero-order valence-electron chi connectivity index (χ0n) is 14.0. The van der Waals surface area contributed by atoms with Gasteiger partial charge in [-0.1, -0.05) is 26.2 Å². The van der Waals surface area contributed by atoms with E-state index in [1.165, 1.54) is 19.3 Å². The molecule has 1 aliphatic rings. The van der Waals surface area contributed by atoms with Crippen molar-refractivity contribution in [3.63, 3.8) is 0 Å². The van der Waals surface area contributed by atoms with Gasteiger partial charge in [0.2, 0.25) is 11.7 Å². The number of furan rings is 1. The quantitative estimate of drug-likeness (QED) is 0.813. The van der Waals surface area contributed by atoms with Crippen molar-refractivity contribution < 1.29 is 13.9 Å². The molecule has 1 unspecified atom stereocenters. The van der Waals surface area contributed by atoms with Gasteiger partial charge in [-0.2, -0.15) is 0 Å². The Labute approximate surface area is 141 Å². The maximum atomic E-state index is 12.3. The molecule has 0 aromatic carbocycles. The van der Waals surface area contributed by atoms with E-state index in [1.807, 2.05) is 6.92 Å². The summed E-state index contributed by atoms with van der Waals surface area (Å²) >= 11 is 0. The summed E-state index contributed by atoms with van der Waals surface area (Å²) < 4.78 is 11.2. The van der Waals surface area contributed by atoms with Gasteiger partial charge in [0.15, 0.2) is 5.76 Å². The fourth-order valence-corrected chi connectivity index (χ4v) is 2.95. The highest BCUT2D eigenvalue weighted by atomic mass is 16.5. The lowest BCUT2D eigenvalue weighted by atomic mass is 9.97. The van der Waals surface area contributed by atoms with E-state index in [4.69, 9.17) is 9.15 Å². The average Bonchev–Trinajstić information content (AvgIpc) is 3.29. The maximum absolute atomic E-state index is 12.3. The van der Waals surface area contributed by atoms with E-state index < -0.39 is 6.10 Å². The van der Waals surface area contributed by atoms with Crippen LogP contribution in [0.4, 0.5) is 0 Å². The number of nitrogens with zero attached hydrogens (tertiary/aromatic N) is 2. The zero-order valence-corrected chi connectivity index (χ0v) is 14.0. The van der Waals surface area contributed by atoms with Crippen LogP contribution in [0.5, 0.6) is 0 Å². The fraction of sp³-hybridized carbons (Fsp3) is 0.588. The third-order valence-corrected chi connectivity index (χ3v) is 4.28. The molecule has 0 spiro atoms. The van der Waals surface area contributed by atoms with Crippen LogP contribution in [0, 0.1) is 0 Å². The molecular weight excluding hydrogens is 308 g/mol. The van der Waals surface area contributed by atoms with E-state index in [-0.39, 0.29) is 18.6 Å². The lowest BCUT2D eigenvalue weighted by Crippen LogP contribution is -2.38. The van der Waals surface area contributed by atoms with Crippen molar-refractivity contribution in [3.05, 3.63) is 24.2 Å². The normalized spacial score (nSPS) is 16.9. The first kappa shape index (κ1) is 16.7. The van der Waals surface area contributed by atoms with Crippen LogP contribution in [0.3, 0.4) is 0 Å². The number of hydrogen-bond acceptors (Lipinski definition) is 5. The van der Waals surface area contributed by atoms with Crippen molar-refractivity contribution in [3.8, 4) is 11.6 Å². The van der Waals surface area contributed by atoms with Gasteiger partial charge in [0.25, 0.3) is 0 Å². The highest BCUT2D eigenvalue weighted by molar-refractivity contribution is 5.80. The van der Waals surface area contributed by atoms with Gasteiger partial charge in [-0.25, -0.2) is 4.98 Å². The molecule has 2 N–H and O–H groups in total. The number of nitrogens with one attached hydrogen (secondary N) is 2. The van der Waals surface area contributed by atoms with Crippen molar-refractivity contribution in [2.45, 2.75) is 64.2 Å². The second-order valence-corrected chi connectivity index (χ2v) is 6.09. The topological polar surface area (TPSA) is 93.0 Å². The van der Waals surface area contributed by atoms with E-state index in [0.29, 0.717) is 23.8 Å². The molecule has 7 nitrogen and oxygen atoms in total. The molecule has 0 saturated heterocycles. The van der Waals surface area contributed by atoms with Crippen molar-refractivity contribution in [1.82, 2.24) is 20.5 Å². The van der Waals surface area contributed by atoms with E-state index in [9.17, 15) is 4.79 Å². The Morgan fingerprint density at radius 3 is 3.00 bits per heavy atom. The summed E-state index contributed by atoms with van der Waals surface area (Å²) in [5.74, 6) is 1.56. The second-order valence-electron chi connectivity index (χ2n) is 6.09. The standard InChI is InChI=1S/C17H24N4O3/c1-2-13(24-12-7-4-3-5-8-12)17(22)18-11-15-19-16(21-20-15)14-9-6-10-23-14/h6,9-10,12-13H,2-5,7-8,11H2,1H3,(H,18,22)(H,19,20,21). The van der Waals surface area contributed by atoms with Gasteiger partial charge in [0.1, 0.15) is 11.9 Å². The summed E-state index contributed by atoms with van der Waals surface area (Å²) in [6.45, 7) is 2.26. The Kier molecular flexibility index (Phi) is 5.63. The van der Waals surface area contributed by atoms with Crippen LogP contribution in [0.25, 0.3) is 11.6 Å². The first-order chi connectivity index (χ1) is 11.8. The molecule has 2 aromatic heterocycles. The first-order valence-electron chi connectivity index (χ1n) is 8.64. The number of aromatic amines is 1. The average molecular weight is 332 g/mol. The van der Waals surface area contributed by atoms with Crippen molar-refractivity contribution in [2.75, 3.05) is 0 Å². The summed E-state index contributed by atoms with van der Waals surface area (Å²) in [7, 11) is 0. The van der Waals surface area contributed by atoms with Crippen molar-refractivity contribution in [1.29, 1.82) is 0 Å². The Balaban J connectivity index is 1.50. The van der Waals surface area contributed by atoms with Gasteiger partial charge in [-0.15, -0.1) is 5.10 Å². The third kappa shape index (κ3) is 4.23. The van der Waals surface area contributed by atoms with E-state index >= 15 is 0 Å². The molecule has 2 aromatic rings. The fourth-order valence-electron chi connectivity index (χ4n) is 2.95. The number of aromatic nitrogens is 3. The van der Waals surface area contributed by atoms with Crippen LogP contribution in [0.1, 0.15) is 51.3 Å². The van der Waals surface area contributed by atoms with Gasteiger partial charge in [0.05, 0.1) is 18.9 Å². The molecule has 1 atom stereocenters. The van der Waals surface area contributed by atoms with Gasteiger partial charge >= 0.3 is 0 Å². The third-order valence-electron chi connectivity index (χ3n) is 4.28. The van der Waals surface area contributed by atoms with Crippen molar-refractivity contribution in [2.24, 2.45) is 0 Å². The second kappa shape index (κ2) is 8.10. The van der Waals surface area contributed by atoms with Crippen LogP contribution in [-0.4, -0.2) is 33.3 Å². The summed E-state index contributed by atoms with van der Waals surface area (Å²) in [4.78, 5) is 16.6. The van der Waals surface area contributed by atoms with Crippen molar-refractivity contribution >= 4 is 5.91 Å². The molecule has 0 aliphatic heterocycles. The molecule has 7 heteroatoms. The zero-order chi connectivity index (χ0) is 16.8. The number of ether oxygens (including phenoxy) is 1. The van der Waals surface area contributed by atoms with Gasteiger partial charge in [-0.05, 0) is 31.4 Å². The van der Waals surface area contributed by atoms with Gasteiger partial charge in [0, 0.05) is 0 Å². The van der Waals surface area contributed by atoms with Crippen LogP contribution >= 0.6 is 0 Å². The number of hydrogen-bond donors (Lipinski definition) is 2. The van der Waals surface area contributed by atoms with Crippen LogP contribution in [0.2, 0.25) is 0 Å². The van der Waals surface area contributed by atoms with E-state index in [0.717, 1.165) is 12.8 Å². The van der Waals surface area contributed by atoms with Crippen LogP contribution in [0.15, 0.2) is 22.8 Å². The van der Waals surface area contributed by atoms with E-state index in [1.54, 1.807) is 18.4 Å². The number of rotatable bonds is 7.